The molecule has 1 N–H and O–H groups in total. The van der Waals surface area contributed by atoms with Gasteiger partial charge in [-0.2, -0.15) is 4.98 Å². The number of nitrogens with one attached hydrogen (secondary N) is 1. The van der Waals surface area contributed by atoms with Gasteiger partial charge in [0.25, 0.3) is 0 Å². The fourth-order valence-electron chi connectivity index (χ4n) is 3.43. The zero-order chi connectivity index (χ0) is 21.5. The van der Waals surface area contributed by atoms with Crippen molar-refractivity contribution in [3.05, 3.63) is 47.4 Å². The van der Waals surface area contributed by atoms with E-state index in [-0.39, 0.29) is 23.9 Å². The molecule has 0 saturated carbocycles. The summed E-state index contributed by atoms with van der Waals surface area (Å²) in [7, 11) is 0. The van der Waals surface area contributed by atoms with Crippen LogP contribution >= 0.6 is 0 Å². The molecule has 0 aliphatic carbocycles. The number of nitrogens with zero attached hydrogens (tertiary/aromatic N) is 4. The van der Waals surface area contributed by atoms with E-state index in [1.807, 2.05) is 20.8 Å². The molecule has 1 aromatic heterocycles. The molecule has 7 nitrogen and oxygen atoms in total. The van der Waals surface area contributed by atoms with Crippen LogP contribution in [-0.2, 0) is 11.2 Å². The van der Waals surface area contributed by atoms with Gasteiger partial charge in [0.05, 0.1) is 12.6 Å². The van der Waals surface area contributed by atoms with Crippen LogP contribution in [0.25, 0.3) is 0 Å². The van der Waals surface area contributed by atoms with Crippen LogP contribution in [0, 0.1) is 5.82 Å². The highest BCUT2D eigenvalue weighted by molar-refractivity contribution is 5.80. The summed E-state index contributed by atoms with van der Waals surface area (Å²) >= 11 is 0. The predicted octanol–water partition coefficient (Wildman–Crippen LogP) is 3.69. The highest BCUT2D eigenvalue weighted by Crippen LogP contribution is 2.25. The minimum Gasteiger partial charge on any atom is -0.367 e. The molecule has 164 valence electrons. The lowest BCUT2D eigenvalue weighted by molar-refractivity contribution is -0.0605. The second-order valence-corrected chi connectivity index (χ2v) is 7.93. The second kappa shape index (κ2) is 10.5. The number of morpholine rings is 1. The number of rotatable bonds is 7. The molecule has 1 saturated heterocycles. The molecular formula is C22H32FN5O2. The zero-order valence-electron chi connectivity index (χ0n) is 18.3. The molecule has 0 spiro atoms. The summed E-state index contributed by atoms with van der Waals surface area (Å²) in [6.45, 7) is 11.1. The van der Waals surface area contributed by atoms with Crippen LogP contribution in [-0.4, -0.2) is 53.3 Å². The minimum atomic E-state index is -0.240. The van der Waals surface area contributed by atoms with Crippen molar-refractivity contribution in [1.82, 2.24) is 20.4 Å². The van der Waals surface area contributed by atoms with E-state index in [4.69, 9.17) is 14.3 Å². The monoisotopic (exact) mass is 417 g/mol. The second-order valence-electron chi connectivity index (χ2n) is 7.93. The summed E-state index contributed by atoms with van der Waals surface area (Å²) in [5.74, 6) is 2.30. The first-order valence-electron chi connectivity index (χ1n) is 10.7. The average Bonchev–Trinajstić information content (AvgIpc) is 3.20. The topological polar surface area (TPSA) is 75.8 Å². The number of aryl methyl sites for hydroxylation is 1. The lowest BCUT2D eigenvalue weighted by Crippen LogP contribution is -2.50. The van der Waals surface area contributed by atoms with Gasteiger partial charge in [0.1, 0.15) is 11.9 Å². The van der Waals surface area contributed by atoms with Gasteiger partial charge < -0.3 is 19.5 Å². The van der Waals surface area contributed by atoms with Crippen molar-refractivity contribution in [3.63, 3.8) is 0 Å². The Hall–Kier alpha value is -2.48. The third-order valence-corrected chi connectivity index (χ3v) is 4.95. The van der Waals surface area contributed by atoms with Crippen molar-refractivity contribution in [1.29, 1.82) is 0 Å². The number of hydrogen-bond acceptors (Lipinski definition) is 5. The molecule has 1 aliphatic heterocycles. The molecule has 0 bridgehead atoms. The Balaban J connectivity index is 1.60. The number of guanidine groups is 1. The Morgan fingerprint density at radius 3 is 2.73 bits per heavy atom. The fourth-order valence-corrected chi connectivity index (χ4v) is 3.43. The summed E-state index contributed by atoms with van der Waals surface area (Å²) in [6.07, 6.45) is 1.47. The van der Waals surface area contributed by atoms with Gasteiger partial charge in [-0.1, -0.05) is 31.1 Å². The van der Waals surface area contributed by atoms with E-state index in [9.17, 15) is 4.39 Å². The maximum absolute atomic E-state index is 13.3. The summed E-state index contributed by atoms with van der Waals surface area (Å²) in [5, 5.41) is 7.38. The third kappa shape index (κ3) is 6.01. The van der Waals surface area contributed by atoms with Crippen molar-refractivity contribution >= 4 is 5.96 Å². The number of aliphatic imine (C=N–C) groups is 1. The van der Waals surface area contributed by atoms with E-state index >= 15 is 0 Å². The van der Waals surface area contributed by atoms with Crippen molar-refractivity contribution in [2.75, 3.05) is 26.2 Å². The fraction of sp³-hybridized carbons (Fsp3) is 0.591. The van der Waals surface area contributed by atoms with Crippen molar-refractivity contribution in [2.24, 2.45) is 4.99 Å². The van der Waals surface area contributed by atoms with Gasteiger partial charge in [0, 0.05) is 32.0 Å². The van der Waals surface area contributed by atoms with Crippen LogP contribution in [0.5, 0.6) is 0 Å². The molecular weight excluding hydrogens is 385 g/mol. The molecule has 30 heavy (non-hydrogen) atoms. The number of halogens is 1. The predicted molar refractivity (Wildman–Crippen MR) is 114 cm³/mol. The van der Waals surface area contributed by atoms with Gasteiger partial charge >= 0.3 is 0 Å². The van der Waals surface area contributed by atoms with E-state index < -0.39 is 0 Å². The summed E-state index contributed by atoms with van der Waals surface area (Å²) in [5.41, 5.74) is 0.973. The Labute approximate surface area is 177 Å². The van der Waals surface area contributed by atoms with E-state index in [0.717, 1.165) is 36.9 Å². The van der Waals surface area contributed by atoms with Crippen LogP contribution in [0.2, 0.25) is 0 Å². The van der Waals surface area contributed by atoms with E-state index in [2.05, 4.69) is 27.3 Å². The largest absolute Gasteiger partial charge is 0.367 e. The number of aromatic nitrogens is 2. The maximum Gasteiger partial charge on any atom is 0.226 e. The lowest BCUT2D eigenvalue weighted by Gasteiger charge is -2.38. The highest BCUT2D eigenvalue weighted by atomic mass is 19.1. The van der Waals surface area contributed by atoms with Crippen molar-refractivity contribution in [3.8, 4) is 0 Å². The molecule has 0 amide bonds. The van der Waals surface area contributed by atoms with Crippen molar-refractivity contribution in [2.45, 2.75) is 58.7 Å². The standard InChI is InChI=1S/C22H32FN5O2/c1-5-24-22(25-12-6-7-20-26-21(15(2)3)27-30-20)28-13-16(4)29-19(14-28)17-8-10-18(23)11-9-17/h8-11,15-16,19H,5-7,12-14H2,1-4H3,(H,24,25). The SMILES string of the molecule is CCNC(=NCCCc1nc(C(C)C)no1)N1CC(C)OC(c2ccc(F)cc2)C1. The number of ether oxygens (including phenoxy) is 1. The summed E-state index contributed by atoms with van der Waals surface area (Å²) < 4.78 is 24.7. The first kappa shape index (κ1) is 22.2. The molecule has 1 fully saturated rings. The molecule has 0 radical (unpaired) electrons. The summed E-state index contributed by atoms with van der Waals surface area (Å²) in [4.78, 5) is 11.4. The quantitative estimate of drug-likeness (QED) is 0.421. The number of benzene rings is 1. The molecule has 3 rings (SSSR count). The van der Waals surface area contributed by atoms with Gasteiger partial charge in [-0.25, -0.2) is 4.39 Å². The van der Waals surface area contributed by atoms with Crippen LogP contribution in [0.4, 0.5) is 4.39 Å². The van der Waals surface area contributed by atoms with Crippen LogP contribution in [0.1, 0.15) is 63.4 Å². The first-order valence-corrected chi connectivity index (χ1v) is 10.7. The Morgan fingerprint density at radius 1 is 1.30 bits per heavy atom. The van der Waals surface area contributed by atoms with Gasteiger partial charge in [-0.05, 0) is 38.0 Å². The minimum absolute atomic E-state index is 0.0468. The van der Waals surface area contributed by atoms with Gasteiger partial charge in [-0.3, -0.25) is 4.99 Å². The van der Waals surface area contributed by atoms with Crippen LogP contribution in [0.15, 0.2) is 33.8 Å². The van der Waals surface area contributed by atoms with Gasteiger partial charge in [0.2, 0.25) is 5.89 Å². The average molecular weight is 418 g/mol. The molecule has 1 aliphatic rings. The lowest BCUT2D eigenvalue weighted by atomic mass is 10.1. The van der Waals surface area contributed by atoms with Gasteiger partial charge in [-0.15, -0.1) is 0 Å². The number of hydrogen-bond donors (Lipinski definition) is 1. The summed E-state index contributed by atoms with van der Waals surface area (Å²) in [6, 6.07) is 6.53. The smallest absolute Gasteiger partial charge is 0.226 e. The third-order valence-electron chi connectivity index (χ3n) is 4.95. The van der Waals surface area contributed by atoms with Gasteiger partial charge in [0.15, 0.2) is 11.8 Å². The highest BCUT2D eigenvalue weighted by Gasteiger charge is 2.28. The Kier molecular flexibility index (Phi) is 7.79. The Bertz CT molecular complexity index is 821. The zero-order valence-corrected chi connectivity index (χ0v) is 18.3. The first-order chi connectivity index (χ1) is 14.5. The maximum atomic E-state index is 13.3. The molecule has 2 unspecified atom stereocenters. The molecule has 8 heteroatoms. The van der Waals surface area contributed by atoms with E-state index in [0.29, 0.717) is 25.4 Å². The van der Waals surface area contributed by atoms with E-state index in [1.54, 1.807) is 12.1 Å². The van der Waals surface area contributed by atoms with Crippen LogP contribution in [0.3, 0.4) is 0 Å². The molecule has 2 heterocycles. The molecule has 1 aromatic carbocycles. The van der Waals surface area contributed by atoms with Crippen molar-refractivity contribution < 1.29 is 13.7 Å². The van der Waals surface area contributed by atoms with Crippen LogP contribution < -0.4 is 5.32 Å². The Morgan fingerprint density at radius 2 is 2.07 bits per heavy atom. The molecule has 2 aromatic rings. The van der Waals surface area contributed by atoms with E-state index in [1.165, 1.54) is 12.1 Å². The normalized spacial score (nSPS) is 20.1. The molecule has 2 atom stereocenters.